The number of rotatable bonds is 3. The predicted octanol–water partition coefficient (Wildman–Crippen LogP) is 3.73. The summed E-state index contributed by atoms with van der Waals surface area (Å²) in [5.74, 6) is 0.759. The van der Waals surface area contributed by atoms with Crippen molar-refractivity contribution < 1.29 is 4.52 Å². The molecule has 2 heterocycles. The van der Waals surface area contributed by atoms with Crippen molar-refractivity contribution in [1.82, 2.24) is 9.72 Å². The Morgan fingerprint density at radius 1 is 1.09 bits per heavy atom. The van der Waals surface area contributed by atoms with Gasteiger partial charge in [0.2, 0.25) is 0 Å². The van der Waals surface area contributed by atoms with Crippen molar-refractivity contribution in [2.45, 2.75) is 26.8 Å². The van der Waals surface area contributed by atoms with Gasteiger partial charge in [0.1, 0.15) is 5.76 Å². The third kappa shape index (κ3) is 2.48. The molecule has 0 aliphatic heterocycles. The first-order valence-corrected chi connectivity index (χ1v) is 7.28. The van der Waals surface area contributed by atoms with E-state index in [-0.39, 0.29) is 11.6 Å². The smallest absolute Gasteiger partial charge is 0.251 e. The number of benzene rings is 1. The molecule has 0 saturated heterocycles. The molecular formula is C18H18N2O2. The number of hydrogen-bond acceptors (Lipinski definition) is 3. The van der Waals surface area contributed by atoms with E-state index in [9.17, 15) is 4.79 Å². The molecule has 4 nitrogen and oxygen atoms in total. The molecule has 2 aromatic heterocycles. The van der Waals surface area contributed by atoms with Gasteiger partial charge in [-0.15, -0.1) is 0 Å². The maximum Gasteiger partial charge on any atom is 0.251 e. The van der Waals surface area contributed by atoms with Crippen LogP contribution in [0.1, 0.15) is 30.0 Å². The molecule has 0 aliphatic carbocycles. The van der Waals surface area contributed by atoms with Crippen LogP contribution in [0.2, 0.25) is 0 Å². The lowest BCUT2D eigenvalue weighted by Crippen LogP contribution is -2.22. The summed E-state index contributed by atoms with van der Waals surface area (Å²) in [6.45, 7) is 5.81. The molecule has 22 heavy (non-hydrogen) atoms. The minimum Gasteiger partial charge on any atom is -0.361 e. The van der Waals surface area contributed by atoms with Crippen molar-refractivity contribution in [2.24, 2.45) is 0 Å². The average molecular weight is 294 g/mol. The quantitative estimate of drug-likeness (QED) is 0.739. The van der Waals surface area contributed by atoms with Crippen LogP contribution in [0.25, 0.3) is 11.1 Å². The van der Waals surface area contributed by atoms with Crippen molar-refractivity contribution in [1.29, 1.82) is 0 Å². The van der Waals surface area contributed by atoms with Gasteiger partial charge in [0.25, 0.3) is 5.56 Å². The summed E-state index contributed by atoms with van der Waals surface area (Å²) in [4.78, 5) is 12.2. The number of aryl methyl sites for hydroxylation is 2. The number of pyridine rings is 1. The van der Waals surface area contributed by atoms with Gasteiger partial charge in [0.05, 0.1) is 11.7 Å². The number of hydrogen-bond donors (Lipinski definition) is 0. The highest BCUT2D eigenvalue weighted by Crippen LogP contribution is 2.27. The van der Waals surface area contributed by atoms with Gasteiger partial charge >= 0.3 is 0 Å². The average Bonchev–Trinajstić information content (AvgIpc) is 2.87. The van der Waals surface area contributed by atoms with E-state index < -0.39 is 0 Å². The van der Waals surface area contributed by atoms with Gasteiger partial charge in [0.15, 0.2) is 0 Å². The Balaban J connectivity index is 2.10. The van der Waals surface area contributed by atoms with Crippen LogP contribution < -0.4 is 5.56 Å². The topological polar surface area (TPSA) is 48.0 Å². The number of aromatic nitrogens is 2. The third-order valence-electron chi connectivity index (χ3n) is 3.96. The van der Waals surface area contributed by atoms with Crippen LogP contribution in [0.15, 0.2) is 58.0 Å². The molecule has 112 valence electrons. The van der Waals surface area contributed by atoms with Crippen LogP contribution in [-0.2, 0) is 0 Å². The molecule has 0 saturated carbocycles. The van der Waals surface area contributed by atoms with Crippen LogP contribution in [-0.4, -0.2) is 9.72 Å². The molecule has 0 N–H and O–H groups in total. The van der Waals surface area contributed by atoms with Gasteiger partial charge < -0.3 is 9.09 Å². The molecule has 0 radical (unpaired) electrons. The molecule has 4 heteroatoms. The molecule has 0 bridgehead atoms. The highest BCUT2D eigenvalue weighted by molar-refractivity contribution is 5.66. The van der Waals surface area contributed by atoms with Crippen LogP contribution in [0, 0.1) is 13.8 Å². The van der Waals surface area contributed by atoms with Crippen molar-refractivity contribution in [3.8, 4) is 11.1 Å². The van der Waals surface area contributed by atoms with Crippen molar-refractivity contribution in [3.63, 3.8) is 0 Å². The summed E-state index contributed by atoms with van der Waals surface area (Å²) in [5, 5.41) is 3.99. The predicted molar refractivity (Wildman–Crippen MR) is 85.9 cm³/mol. The van der Waals surface area contributed by atoms with Gasteiger partial charge in [-0.3, -0.25) is 4.79 Å². The maximum atomic E-state index is 12.2. The summed E-state index contributed by atoms with van der Waals surface area (Å²) in [5.41, 5.74) is 3.80. The van der Waals surface area contributed by atoms with Crippen molar-refractivity contribution >= 4 is 0 Å². The molecule has 0 aliphatic rings. The standard InChI is InChI=1S/C18H18N2O2/c1-12-18(14(3)22-19-12)16-9-10-17(21)20(11-16)13(2)15-7-5-4-6-8-15/h4-11,13H,1-3H3/t13-/m1/s1. The van der Waals surface area contributed by atoms with Gasteiger partial charge in [-0.1, -0.05) is 35.5 Å². The van der Waals surface area contributed by atoms with E-state index in [4.69, 9.17) is 4.52 Å². The molecule has 1 aromatic carbocycles. The van der Waals surface area contributed by atoms with Crippen LogP contribution >= 0.6 is 0 Å². The first kappa shape index (κ1) is 14.3. The summed E-state index contributed by atoms with van der Waals surface area (Å²) < 4.78 is 6.97. The van der Waals surface area contributed by atoms with Crippen LogP contribution in [0.4, 0.5) is 0 Å². The van der Waals surface area contributed by atoms with Gasteiger partial charge in [-0.25, -0.2) is 0 Å². The lowest BCUT2D eigenvalue weighted by atomic mass is 10.0. The Kier molecular flexibility index (Phi) is 3.67. The molecule has 3 rings (SSSR count). The first-order chi connectivity index (χ1) is 10.6. The summed E-state index contributed by atoms with van der Waals surface area (Å²) in [7, 11) is 0. The zero-order valence-electron chi connectivity index (χ0n) is 12.9. The highest BCUT2D eigenvalue weighted by Gasteiger charge is 2.15. The first-order valence-electron chi connectivity index (χ1n) is 7.28. The second kappa shape index (κ2) is 5.64. The molecule has 0 amide bonds. The van der Waals surface area contributed by atoms with Crippen molar-refractivity contribution in [2.75, 3.05) is 0 Å². The monoisotopic (exact) mass is 294 g/mol. The van der Waals surface area contributed by atoms with E-state index in [1.54, 1.807) is 10.6 Å². The maximum absolute atomic E-state index is 12.2. The normalized spacial score (nSPS) is 12.3. The van der Waals surface area contributed by atoms with E-state index in [2.05, 4.69) is 5.16 Å². The molecule has 3 aromatic rings. The Hall–Kier alpha value is -2.62. The van der Waals surface area contributed by atoms with E-state index in [1.807, 2.05) is 63.4 Å². The minimum atomic E-state index is -0.0332. The summed E-state index contributed by atoms with van der Waals surface area (Å²) in [6.07, 6.45) is 1.88. The van der Waals surface area contributed by atoms with E-state index in [1.165, 1.54) is 0 Å². The Labute approximate surface area is 129 Å². The molecule has 0 fully saturated rings. The highest BCUT2D eigenvalue weighted by atomic mass is 16.5. The molecular weight excluding hydrogens is 276 g/mol. The lowest BCUT2D eigenvalue weighted by molar-refractivity contribution is 0.393. The Morgan fingerprint density at radius 3 is 2.45 bits per heavy atom. The van der Waals surface area contributed by atoms with Crippen molar-refractivity contribution in [3.05, 3.63) is 76.0 Å². The second-order valence-corrected chi connectivity index (χ2v) is 5.45. The fourth-order valence-corrected chi connectivity index (χ4v) is 2.74. The van der Waals surface area contributed by atoms with Gasteiger partial charge in [0, 0.05) is 23.4 Å². The zero-order valence-corrected chi connectivity index (χ0v) is 12.9. The Morgan fingerprint density at radius 2 is 1.82 bits per heavy atom. The largest absolute Gasteiger partial charge is 0.361 e. The fourth-order valence-electron chi connectivity index (χ4n) is 2.74. The van der Waals surface area contributed by atoms with Gasteiger partial charge in [-0.2, -0.15) is 0 Å². The molecule has 0 unspecified atom stereocenters. The SMILES string of the molecule is Cc1noc(C)c1-c1ccc(=O)n([C@H](C)c2ccccc2)c1. The third-order valence-corrected chi connectivity index (χ3v) is 3.96. The molecule has 1 atom stereocenters. The van der Waals surface area contributed by atoms with E-state index in [0.29, 0.717) is 0 Å². The summed E-state index contributed by atoms with van der Waals surface area (Å²) >= 11 is 0. The van der Waals surface area contributed by atoms with Crippen LogP contribution in [0.3, 0.4) is 0 Å². The van der Waals surface area contributed by atoms with Crippen LogP contribution in [0.5, 0.6) is 0 Å². The van der Waals surface area contributed by atoms with E-state index >= 15 is 0 Å². The second-order valence-electron chi connectivity index (χ2n) is 5.45. The van der Waals surface area contributed by atoms with Gasteiger partial charge in [-0.05, 0) is 32.4 Å². The molecule has 0 spiro atoms. The zero-order chi connectivity index (χ0) is 15.7. The summed E-state index contributed by atoms with van der Waals surface area (Å²) in [6, 6.07) is 13.4. The number of nitrogens with zero attached hydrogens (tertiary/aromatic N) is 2. The minimum absolute atomic E-state index is 0.0214. The Bertz CT molecular complexity index is 828. The van der Waals surface area contributed by atoms with E-state index in [0.717, 1.165) is 28.1 Å². The fraction of sp³-hybridized carbons (Fsp3) is 0.222. The lowest BCUT2D eigenvalue weighted by Gasteiger charge is -2.16.